The molecule has 5 rings (SSSR count). The van der Waals surface area contributed by atoms with Crippen molar-refractivity contribution in [3.05, 3.63) is 30.6 Å². The highest BCUT2D eigenvalue weighted by atomic mass is 32.3. The number of hydrogen-bond donors (Lipinski definition) is 0. The van der Waals surface area contributed by atoms with Gasteiger partial charge in [-0.05, 0) is 98.2 Å². The summed E-state index contributed by atoms with van der Waals surface area (Å²) in [6.45, 7) is 7.46. The minimum absolute atomic E-state index is 0.308. The Kier molecular flexibility index (Phi) is 6.55. The zero-order valence-electron chi connectivity index (χ0n) is 19.3. The van der Waals surface area contributed by atoms with E-state index in [9.17, 15) is 13.0 Å². The van der Waals surface area contributed by atoms with Crippen LogP contribution in [0.1, 0.15) is 78.6 Å². The second-order valence-electron chi connectivity index (χ2n) is 11.2. The maximum Gasteiger partial charge on any atom is 0.217 e. The Morgan fingerprint density at radius 3 is 2.19 bits per heavy atom. The van der Waals surface area contributed by atoms with Gasteiger partial charge in [-0.2, -0.15) is 0 Å². The maximum atomic E-state index is 11.0. The molecule has 0 unspecified atom stereocenters. The van der Waals surface area contributed by atoms with Gasteiger partial charge < -0.3 is 4.55 Å². The molecule has 0 aromatic carbocycles. The Bertz CT molecular complexity index is 820. The third-order valence-electron chi connectivity index (χ3n) is 9.95. The van der Waals surface area contributed by atoms with Crippen LogP contribution >= 0.6 is 0 Å². The first-order valence-electron chi connectivity index (χ1n) is 12.2. The fourth-order valence-corrected chi connectivity index (χ4v) is 8.59. The van der Waals surface area contributed by atoms with Crippen molar-refractivity contribution in [1.82, 2.24) is 0 Å². The second-order valence-corrected chi connectivity index (χ2v) is 12.2. The van der Waals surface area contributed by atoms with Crippen LogP contribution in [0.4, 0.5) is 0 Å². The SMILES string of the molecule is C[C@H]1CC[C@H]2[C@@H]3CC[C@@H]4C[C@H](OS(=O)(=O)[O-])CC[C@]4(C)[C@H]3CC[C@]12C.c1cc[nH+]cc1. The highest BCUT2D eigenvalue weighted by Gasteiger charge is 2.59. The molecule has 8 atom stereocenters. The molecule has 0 bridgehead atoms. The largest absolute Gasteiger partial charge is 0.726 e. The van der Waals surface area contributed by atoms with Crippen LogP contribution in [0.2, 0.25) is 0 Å². The van der Waals surface area contributed by atoms with Gasteiger partial charge in [0.15, 0.2) is 12.4 Å². The van der Waals surface area contributed by atoms with Crippen LogP contribution in [0, 0.1) is 40.4 Å². The van der Waals surface area contributed by atoms with Crippen LogP contribution in [-0.2, 0) is 14.6 Å². The number of nitrogens with one attached hydrogen (secondary N) is 1. The van der Waals surface area contributed by atoms with E-state index in [-0.39, 0.29) is 0 Å². The molecule has 0 radical (unpaired) electrons. The smallest absolute Gasteiger partial charge is 0.217 e. The molecule has 174 valence electrons. The fourth-order valence-electron chi connectivity index (χ4n) is 8.08. The number of fused-ring (bicyclic) bond motifs is 5. The summed E-state index contributed by atoms with van der Waals surface area (Å²) in [5.41, 5.74) is 0.851. The number of H-pyrrole nitrogens is 1. The number of rotatable bonds is 2. The van der Waals surface area contributed by atoms with Crippen LogP contribution in [0.25, 0.3) is 0 Å². The predicted octanol–water partition coefficient (Wildman–Crippen LogP) is 5.01. The van der Waals surface area contributed by atoms with Gasteiger partial charge in [-0.15, -0.1) is 0 Å². The summed E-state index contributed by atoms with van der Waals surface area (Å²) < 4.78 is 37.8. The average Bonchev–Trinajstić information content (AvgIpc) is 3.04. The molecule has 4 fully saturated rings. The van der Waals surface area contributed by atoms with E-state index in [1.165, 1.54) is 38.5 Å². The quantitative estimate of drug-likeness (QED) is 0.469. The molecule has 4 saturated carbocycles. The Morgan fingerprint density at radius 1 is 0.903 bits per heavy atom. The standard InChI is InChI=1S/C20H34O4S.C5H5N/c1-13-4-7-17-16-6-5-14-12-15(24-25(21,22)23)8-10-20(14,3)18(16)9-11-19(13,17)2;1-2-4-6-5-3-1/h13-18H,4-12H2,1-3H3,(H,21,22,23);1-5H/t13-,14+,15+,16-,17-,18-,19+,20-;/m0./s1. The first kappa shape index (κ1) is 23.2. The number of aromatic nitrogens is 1. The van der Waals surface area contributed by atoms with E-state index in [4.69, 9.17) is 4.18 Å². The second kappa shape index (κ2) is 8.75. The van der Waals surface area contributed by atoms with Crippen LogP contribution in [-0.4, -0.2) is 19.1 Å². The summed E-state index contributed by atoms with van der Waals surface area (Å²) >= 11 is 0. The molecule has 0 aliphatic heterocycles. The Labute approximate surface area is 188 Å². The van der Waals surface area contributed by atoms with E-state index < -0.39 is 16.5 Å². The molecule has 1 N–H and O–H groups in total. The molecule has 4 aliphatic carbocycles. The van der Waals surface area contributed by atoms with E-state index >= 15 is 0 Å². The highest BCUT2D eigenvalue weighted by Crippen LogP contribution is 2.67. The van der Waals surface area contributed by atoms with Crippen molar-refractivity contribution in [2.24, 2.45) is 40.4 Å². The molecular weight excluding hydrogens is 410 g/mol. The van der Waals surface area contributed by atoms with Crippen LogP contribution in [0.5, 0.6) is 0 Å². The minimum atomic E-state index is -4.58. The molecule has 4 aliphatic rings. The Hall–Kier alpha value is -0.980. The lowest BCUT2D eigenvalue weighted by atomic mass is 9.45. The van der Waals surface area contributed by atoms with Gasteiger partial charge in [0.1, 0.15) is 0 Å². The van der Waals surface area contributed by atoms with Crippen molar-refractivity contribution >= 4 is 10.4 Å². The van der Waals surface area contributed by atoms with Gasteiger partial charge in [0, 0.05) is 12.1 Å². The fraction of sp³-hybridized carbons (Fsp3) is 0.800. The topological polar surface area (TPSA) is 80.6 Å². The molecule has 0 spiro atoms. The minimum Gasteiger partial charge on any atom is -0.726 e. The van der Waals surface area contributed by atoms with Crippen LogP contribution < -0.4 is 4.98 Å². The molecule has 1 aromatic rings. The predicted molar refractivity (Wildman–Crippen MR) is 118 cm³/mol. The van der Waals surface area contributed by atoms with Gasteiger partial charge in [-0.1, -0.05) is 26.8 Å². The molecule has 5 nitrogen and oxygen atoms in total. The summed E-state index contributed by atoms with van der Waals surface area (Å²) in [5, 5.41) is 0. The average molecular weight is 450 g/mol. The van der Waals surface area contributed by atoms with Crippen molar-refractivity contribution in [1.29, 1.82) is 0 Å². The summed E-state index contributed by atoms with van der Waals surface area (Å²) in [6.07, 6.45) is 13.8. The normalized spacial score (nSPS) is 44.3. The zero-order valence-corrected chi connectivity index (χ0v) is 20.1. The van der Waals surface area contributed by atoms with E-state index in [1.807, 2.05) is 30.6 Å². The first-order valence-corrected chi connectivity index (χ1v) is 13.5. The van der Waals surface area contributed by atoms with Gasteiger partial charge in [-0.25, -0.2) is 13.4 Å². The molecule has 6 heteroatoms. The van der Waals surface area contributed by atoms with Gasteiger partial charge in [0.25, 0.3) is 0 Å². The van der Waals surface area contributed by atoms with Crippen molar-refractivity contribution in [2.45, 2.75) is 84.7 Å². The van der Waals surface area contributed by atoms with E-state index in [1.54, 1.807) is 0 Å². The third-order valence-corrected chi connectivity index (χ3v) is 10.5. The van der Waals surface area contributed by atoms with Crippen molar-refractivity contribution in [3.8, 4) is 0 Å². The van der Waals surface area contributed by atoms with Gasteiger partial charge in [0.05, 0.1) is 6.10 Å². The van der Waals surface area contributed by atoms with Crippen LogP contribution in [0.15, 0.2) is 30.6 Å². The zero-order chi connectivity index (χ0) is 22.3. The summed E-state index contributed by atoms with van der Waals surface area (Å²) in [4.78, 5) is 2.89. The van der Waals surface area contributed by atoms with Gasteiger partial charge in [0.2, 0.25) is 10.4 Å². The summed E-state index contributed by atoms with van der Waals surface area (Å²) in [7, 11) is -4.58. The first-order chi connectivity index (χ1) is 14.6. The molecule has 0 saturated heterocycles. The molecule has 1 heterocycles. The third kappa shape index (κ3) is 4.58. The lowest BCUT2D eigenvalue weighted by Gasteiger charge is -2.61. The van der Waals surface area contributed by atoms with Crippen molar-refractivity contribution < 1.29 is 22.1 Å². The number of aromatic amines is 1. The lowest BCUT2D eigenvalue weighted by molar-refractivity contribution is -0.377. The van der Waals surface area contributed by atoms with Crippen LogP contribution in [0.3, 0.4) is 0 Å². The number of pyridine rings is 1. The summed E-state index contributed by atoms with van der Waals surface area (Å²) in [5.74, 6) is 3.88. The summed E-state index contributed by atoms with van der Waals surface area (Å²) in [6, 6.07) is 5.86. The Balaban J connectivity index is 0.000000334. The molecule has 31 heavy (non-hydrogen) atoms. The van der Waals surface area contributed by atoms with E-state index in [0.29, 0.717) is 16.7 Å². The van der Waals surface area contributed by atoms with Gasteiger partial charge >= 0.3 is 0 Å². The van der Waals surface area contributed by atoms with E-state index in [2.05, 4.69) is 25.8 Å². The lowest BCUT2D eigenvalue weighted by Crippen LogP contribution is -2.54. The molecule has 0 amide bonds. The molecular formula is C25H39NO4S. The van der Waals surface area contributed by atoms with Crippen molar-refractivity contribution in [2.75, 3.05) is 0 Å². The highest BCUT2D eigenvalue weighted by molar-refractivity contribution is 7.80. The Morgan fingerprint density at radius 2 is 1.58 bits per heavy atom. The molecule has 1 aromatic heterocycles. The maximum absolute atomic E-state index is 11.0. The number of hydrogen-bond acceptors (Lipinski definition) is 4. The monoisotopic (exact) mass is 449 g/mol. The van der Waals surface area contributed by atoms with E-state index in [0.717, 1.165) is 42.9 Å². The van der Waals surface area contributed by atoms with Gasteiger partial charge in [-0.3, -0.25) is 4.18 Å². The van der Waals surface area contributed by atoms with Crippen molar-refractivity contribution in [3.63, 3.8) is 0 Å².